The molecular weight excluding hydrogens is 342 g/mol. The van der Waals surface area contributed by atoms with Crippen molar-refractivity contribution in [3.05, 3.63) is 78.2 Å². The summed E-state index contributed by atoms with van der Waals surface area (Å²) < 4.78 is 11.4. The van der Waals surface area contributed by atoms with Crippen LogP contribution in [0, 0.1) is 0 Å². The number of aromatic nitrogens is 2. The van der Waals surface area contributed by atoms with Crippen LogP contribution in [0.1, 0.15) is 29.4 Å². The zero-order valence-electron chi connectivity index (χ0n) is 15.1. The molecule has 6 nitrogen and oxygen atoms in total. The number of benzene rings is 1. The van der Waals surface area contributed by atoms with Crippen molar-refractivity contribution in [1.29, 1.82) is 0 Å². The molecule has 2 heterocycles. The molecule has 0 aliphatic rings. The van der Waals surface area contributed by atoms with E-state index in [0.717, 1.165) is 17.7 Å². The monoisotopic (exact) mass is 363 g/mol. The van der Waals surface area contributed by atoms with Gasteiger partial charge in [0.1, 0.15) is 17.2 Å². The Morgan fingerprint density at radius 2 is 1.74 bits per heavy atom. The number of hydrogen-bond donors (Lipinski definition) is 1. The lowest BCUT2D eigenvalue weighted by Gasteiger charge is -2.11. The molecule has 1 aromatic carbocycles. The Hall–Kier alpha value is -3.41. The van der Waals surface area contributed by atoms with E-state index in [1.807, 2.05) is 30.3 Å². The van der Waals surface area contributed by atoms with Crippen LogP contribution in [-0.2, 0) is 6.54 Å². The van der Waals surface area contributed by atoms with E-state index in [2.05, 4.69) is 22.2 Å². The van der Waals surface area contributed by atoms with Crippen LogP contribution in [0.3, 0.4) is 0 Å². The van der Waals surface area contributed by atoms with Crippen molar-refractivity contribution < 1.29 is 14.3 Å². The SMILES string of the molecule is CCCOc1ccc(Oc2ncccc2CNC(=O)c2ccccn2)cc1. The Morgan fingerprint density at radius 3 is 2.48 bits per heavy atom. The van der Waals surface area contributed by atoms with E-state index >= 15 is 0 Å². The summed E-state index contributed by atoms with van der Waals surface area (Å²) >= 11 is 0. The Kier molecular flexibility index (Phi) is 6.35. The van der Waals surface area contributed by atoms with Gasteiger partial charge in [0.25, 0.3) is 5.91 Å². The zero-order valence-corrected chi connectivity index (χ0v) is 15.1. The first-order chi connectivity index (χ1) is 13.3. The summed E-state index contributed by atoms with van der Waals surface area (Å²) in [6.45, 7) is 3.03. The number of amides is 1. The molecule has 0 radical (unpaired) electrons. The topological polar surface area (TPSA) is 73.3 Å². The predicted molar refractivity (Wildman–Crippen MR) is 102 cm³/mol. The van der Waals surface area contributed by atoms with E-state index < -0.39 is 0 Å². The Balaban J connectivity index is 1.64. The molecule has 0 unspecified atom stereocenters. The van der Waals surface area contributed by atoms with Gasteiger partial charge in [-0.25, -0.2) is 4.98 Å². The van der Waals surface area contributed by atoms with Crippen molar-refractivity contribution in [3.8, 4) is 17.4 Å². The Morgan fingerprint density at radius 1 is 0.963 bits per heavy atom. The average molecular weight is 363 g/mol. The quantitative estimate of drug-likeness (QED) is 0.655. The maximum absolute atomic E-state index is 12.2. The van der Waals surface area contributed by atoms with Gasteiger partial charge in [-0.15, -0.1) is 0 Å². The standard InChI is InChI=1S/C21H21N3O3/c1-2-14-26-17-8-10-18(11-9-17)27-21-16(6-5-13-23-21)15-24-20(25)19-7-3-4-12-22-19/h3-13H,2,14-15H2,1H3,(H,24,25). The Labute approximate surface area is 158 Å². The fraction of sp³-hybridized carbons (Fsp3) is 0.190. The Bertz CT molecular complexity index is 867. The van der Waals surface area contributed by atoms with Gasteiger partial charge in [-0.2, -0.15) is 0 Å². The van der Waals surface area contributed by atoms with Crippen LogP contribution < -0.4 is 14.8 Å². The molecule has 6 heteroatoms. The maximum atomic E-state index is 12.2. The van der Waals surface area contributed by atoms with Gasteiger partial charge < -0.3 is 14.8 Å². The van der Waals surface area contributed by atoms with Crippen LogP contribution in [0.25, 0.3) is 0 Å². The molecule has 3 rings (SSSR count). The summed E-state index contributed by atoms with van der Waals surface area (Å²) in [5.74, 6) is 1.65. The summed E-state index contributed by atoms with van der Waals surface area (Å²) in [6, 6.07) is 16.2. The second-order valence-electron chi connectivity index (χ2n) is 5.79. The molecule has 0 fully saturated rings. The van der Waals surface area contributed by atoms with Crippen molar-refractivity contribution in [3.63, 3.8) is 0 Å². The minimum Gasteiger partial charge on any atom is -0.494 e. The predicted octanol–water partition coefficient (Wildman–Crippen LogP) is 3.99. The van der Waals surface area contributed by atoms with Crippen molar-refractivity contribution in [1.82, 2.24) is 15.3 Å². The lowest BCUT2D eigenvalue weighted by atomic mass is 10.2. The van der Waals surface area contributed by atoms with Gasteiger partial charge in [0.15, 0.2) is 0 Å². The summed E-state index contributed by atoms with van der Waals surface area (Å²) in [5, 5.41) is 2.83. The smallest absolute Gasteiger partial charge is 0.270 e. The van der Waals surface area contributed by atoms with Gasteiger partial charge in [0, 0.05) is 24.5 Å². The maximum Gasteiger partial charge on any atom is 0.270 e. The molecule has 0 atom stereocenters. The molecule has 27 heavy (non-hydrogen) atoms. The number of carbonyl (C=O) groups is 1. The molecule has 2 aromatic heterocycles. The zero-order chi connectivity index (χ0) is 18.9. The first-order valence-electron chi connectivity index (χ1n) is 8.80. The largest absolute Gasteiger partial charge is 0.494 e. The number of nitrogens with one attached hydrogen (secondary N) is 1. The highest BCUT2D eigenvalue weighted by atomic mass is 16.5. The van der Waals surface area contributed by atoms with Crippen molar-refractivity contribution in [2.24, 2.45) is 0 Å². The normalized spacial score (nSPS) is 10.3. The molecule has 0 saturated carbocycles. The third kappa shape index (κ3) is 5.28. The molecule has 138 valence electrons. The van der Waals surface area contributed by atoms with E-state index in [-0.39, 0.29) is 12.5 Å². The van der Waals surface area contributed by atoms with Gasteiger partial charge >= 0.3 is 0 Å². The molecular formula is C21H21N3O3. The molecule has 0 aliphatic heterocycles. The minimum absolute atomic E-state index is 0.247. The molecule has 0 saturated heterocycles. The number of rotatable bonds is 8. The second kappa shape index (κ2) is 9.33. The van der Waals surface area contributed by atoms with Gasteiger partial charge in [-0.05, 0) is 48.9 Å². The third-order valence-corrected chi connectivity index (χ3v) is 3.70. The molecule has 0 spiro atoms. The van der Waals surface area contributed by atoms with Crippen LogP contribution >= 0.6 is 0 Å². The molecule has 3 aromatic rings. The van der Waals surface area contributed by atoms with Crippen LogP contribution in [0.4, 0.5) is 0 Å². The summed E-state index contributed by atoms with van der Waals surface area (Å²) in [5.41, 5.74) is 1.14. The summed E-state index contributed by atoms with van der Waals surface area (Å²) in [6.07, 6.45) is 4.19. The van der Waals surface area contributed by atoms with E-state index in [0.29, 0.717) is 23.9 Å². The van der Waals surface area contributed by atoms with Crippen molar-refractivity contribution in [2.75, 3.05) is 6.61 Å². The van der Waals surface area contributed by atoms with Gasteiger partial charge in [-0.1, -0.05) is 19.1 Å². The number of nitrogens with zero attached hydrogens (tertiary/aromatic N) is 2. The van der Waals surface area contributed by atoms with Crippen LogP contribution in [0.15, 0.2) is 67.0 Å². The van der Waals surface area contributed by atoms with E-state index in [9.17, 15) is 4.79 Å². The third-order valence-electron chi connectivity index (χ3n) is 3.70. The fourth-order valence-corrected chi connectivity index (χ4v) is 2.35. The van der Waals surface area contributed by atoms with Crippen LogP contribution in [0.2, 0.25) is 0 Å². The number of carbonyl (C=O) groups excluding carboxylic acids is 1. The number of hydrogen-bond acceptors (Lipinski definition) is 5. The van der Waals surface area contributed by atoms with Gasteiger partial charge in [0.2, 0.25) is 5.88 Å². The van der Waals surface area contributed by atoms with E-state index in [4.69, 9.17) is 9.47 Å². The number of pyridine rings is 2. The van der Waals surface area contributed by atoms with E-state index in [1.165, 1.54) is 0 Å². The molecule has 1 amide bonds. The van der Waals surface area contributed by atoms with E-state index in [1.54, 1.807) is 36.7 Å². The highest BCUT2D eigenvalue weighted by Gasteiger charge is 2.10. The highest BCUT2D eigenvalue weighted by Crippen LogP contribution is 2.25. The van der Waals surface area contributed by atoms with Gasteiger partial charge in [-0.3, -0.25) is 9.78 Å². The van der Waals surface area contributed by atoms with Crippen LogP contribution in [-0.4, -0.2) is 22.5 Å². The average Bonchev–Trinajstić information content (AvgIpc) is 2.73. The lowest BCUT2D eigenvalue weighted by Crippen LogP contribution is -2.24. The first-order valence-corrected chi connectivity index (χ1v) is 8.80. The summed E-state index contributed by atoms with van der Waals surface area (Å²) in [4.78, 5) is 20.5. The fourth-order valence-electron chi connectivity index (χ4n) is 2.35. The number of ether oxygens (including phenoxy) is 2. The lowest BCUT2D eigenvalue weighted by molar-refractivity contribution is 0.0945. The summed E-state index contributed by atoms with van der Waals surface area (Å²) in [7, 11) is 0. The van der Waals surface area contributed by atoms with Crippen molar-refractivity contribution in [2.45, 2.75) is 19.9 Å². The molecule has 0 aliphatic carbocycles. The molecule has 0 bridgehead atoms. The van der Waals surface area contributed by atoms with Gasteiger partial charge in [0.05, 0.1) is 6.61 Å². The second-order valence-corrected chi connectivity index (χ2v) is 5.79. The molecule has 1 N–H and O–H groups in total. The highest BCUT2D eigenvalue weighted by molar-refractivity contribution is 5.92. The minimum atomic E-state index is -0.247. The van der Waals surface area contributed by atoms with Crippen molar-refractivity contribution >= 4 is 5.91 Å². The van der Waals surface area contributed by atoms with Crippen LogP contribution in [0.5, 0.6) is 17.4 Å². The first kappa shape index (κ1) is 18.4.